The van der Waals surface area contributed by atoms with Crippen molar-refractivity contribution < 1.29 is 19.2 Å². The van der Waals surface area contributed by atoms with E-state index in [1.165, 1.54) is 5.56 Å². The van der Waals surface area contributed by atoms with Crippen LogP contribution in [-0.2, 0) is 17.8 Å². The first kappa shape index (κ1) is 24.2. The number of hydrogen-bond donors (Lipinski definition) is 2. The SMILES string of the molecule is Cc1c(-c2noc(-c3ccc(OC(C)C)c(Cl)c3)n2)ccc2c1CCN(C(=O)CNCCO)C2. The molecule has 0 spiro atoms. The summed E-state index contributed by atoms with van der Waals surface area (Å²) in [7, 11) is 0. The largest absolute Gasteiger partial charge is 0.489 e. The van der Waals surface area contributed by atoms with Gasteiger partial charge in [-0.15, -0.1) is 0 Å². The van der Waals surface area contributed by atoms with Crippen LogP contribution in [0.2, 0.25) is 5.02 Å². The topological polar surface area (TPSA) is 101 Å². The number of aliphatic hydroxyl groups excluding tert-OH is 1. The summed E-state index contributed by atoms with van der Waals surface area (Å²) in [5.41, 5.74) is 5.06. The van der Waals surface area contributed by atoms with Gasteiger partial charge < -0.3 is 24.6 Å². The molecule has 0 atom stereocenters. The zero-order valence-electron chi connectivity index (χ0n) is 19.6. The highest BCUT2D eigenvalue weighted by molar-refractivity contribution is 6.32. The standard InChI is InChI=1S/C25H29ClN4O4/c1-15(2)33-22-7-5-17(12-21(22)26)25-28-24(29-34-25)20-6-4-18-14-30(10-8-19(18)16(20)3)23(32)13-27-9-11-31/h4-7,12,15,27,31H,8-11,13-14H2,1-3H3. The number of benzene rings is 2. The number of amides is 1. The van der Waals surface area contributed by atoms with Gasteiger partial charge in [0.25, 0.3) is 5.89 Å². The summed E-state index contributed by atoms with van der Waals surface area (Å²) >= 11 is 6.36. The molecule has 1 aliphatic rings. The van der Waals surface area contributed by atoms with Gasteiger partial charge in [-0.1, -0.05) is 28.9 Å². The predicted molar refractivity (Wildman–Crippen MR) is 130 cm³/mol. The number of aromatic nitrogens is 2. The maximum Gasteiger partial charge on any atom is 0.258 e. The van der Waals surface area contributed by atoms with Crippen LogP contribution in [-0.4, -0.2) is 58.4 Å². The first-order chi connectivity index (χ1) is 16.4. The Morgan fingerprint density at radius 3 is 2.88 bits per heavy atom. The summed E-state index contributed by atoms with van der Waals surface area (Å²) in [6, 6.07) is 9.42. The number of aliphatic hydroxyl groups is 1. The minimum atomic E-state index is 0.0147. The van der Waals surface area contributed by atoms with E-state index in [0.29, 0.717) is 42.1 Å². The molecule has 0 radical (unpaired) electrons. The van der Waals surface area contributed by atoms with Crippen molar-refractivity contribution in [1.29, 1.82) is 0 Å². The molecule has 2 aromatic carbocycles. The molecular formula is C25H29ClN4O4. The molecule has 0 unspecified atom stereocenters. The van der Waals surface area contributed by atoms with Crippen molar-refractivity contribution in [2.45, 2.75) is 39.8 Å². The Morgan fingerprint density at radius 1 is 1.32 bits per heavy atom. The molecule has 34 heavy (non-hydrogen) atoms. The maximum atomic E-state index is 12.4. The summed E-state index contributed by atoms with van der Waals surface area (Å²) in [4.78, 5) is 18.9. The first-order valence-electron chi connectivity index (χ1n) is 11.4. The van der Waals surface area contributed by atoms with Gasteiger partial charge in [0.1, 0.15) is 5.75 Å². The lowest BCUT2D eigenvalue weighted by molar-refractivity contribution is -0.131. The molecule has 0 bridgehead atoms. The average molecular weight is 485 g/mol. The van der Waals surface area contributed by atoms with Gasteiger partial charge >= 0.3 is 0 Å². The van der Waals surface area contributed by atoms with E-state index < -0.39 is 0 Å². The number of hydrogen-bond acceptors (Lipinski definition) is 7. The van der Waals surface area contributed by atoms with Gasteiger partial charge in [0.15, 0.2) is 0 Å². The third-order valence-corrected chi connectivity index (χ3v) is 6.11. The highest BCUT2D eigenvalue weighted by atomic mass is 35.5. The third kappa shape index (κ3) is 5.24. The second-order valence-corrected chi connectivity index (χ2v) is 8.98. The van der Waals surface area contributed by atoms with Crippen LogP contribution in [0.15, 0.2) is 34.9 Å². The molecule has 1 aromatic heterocycles. The van der Waals surface area contributed by atoms with E-state index in [0.717, 1.165) is 28.7 Å². The molecule has 2 heterocycles. The Kier molecular flexibility index (Phi) is 7.50. The van der Waals surface area contributed by atoms with E-state index >= 15 is 0 Å². The van der Waals surface area contributed by atoms with E-state index in [4.69, 9.17) is 26.0 Å². The van der Waals surface area contributed by atoms with Gasteiger partial charge in [-0.05, 0) is 62.1 Å². The van der Waals surface area contributed by atoms with E-state index in [1.54, 1.807) is 12.1 Å². The number of ether oxygens (including phenoxy) is 1. The summed E-state index contributed by atoms with van der Waals surface area (Å²) in [6.07, 6.45) is 0.789. The van der Waals surface area contributed by atoms with Crippen LogP contribution in [0.25, 0.3) is 22.8 Å². The third-order valence-electron chi connectivity index (χ3n) is 5.81. The molecule has 180 valence electrons. The predicted octanol–water partition coefficient (Wildman–Crippen LogP) is 3.62. The second kappa shape index (κ2) is 10.5. The van der Waals surface area contributed by atoms with E-state index in [-0.39, 0.29) is 25.2 Å². The van der Waals surface area contributed by atoms with Crippen molar-refractivity contribution in [2.24, 2.45) is 0 Å². The molecule has 0 saturated heterocycles. The average Bonchev–Trinajstić information content (AvgIpc) is 3.30. The van der Waals surface area contributed by atoms with E-state index in [9.17, 15) is 4.79 Å². The van der Waals surface area contributed by atoms with Gasteiger partial charge in [-0.25, -0.2) is 0 Å². The molecule has 4 rings (SSSR count). The van der Waals surface area contributed by atoms with Crippen LogP contribution in [0.3, 0.4) is 0 Å². The fourth-order valence-electron chi connectivity index (χ4n) is 4.12. The lowest BCUT2D eigenvalue weighted by atomic mass is 9.91. The van der Waals surface area contributed by atoms with Crippen LogP contribution in [0.1, 0.15) is 30.5 Å². The van der Waals surface area contributed by atoms with Gasteiger partial charge in [-0.3, -0.25) is 4.79 Å². The lowest BCUT2D eigenvalue weighted by Crippen LogP contribution is -2.41. The number of nitrogens with one attached hydrogen (secondary N) is 1. The van der Waals surface area contributed by atoms with Crippen LogP contribution in [0.4, 0.5) is 0 Å². The Morgan fingerprint density at radius 2 is 2.15 bits per heavy atom. The number of rotatable bonds is 8. The second-order valence-electron chi connectivity index (χ2n) is 8.58. The Balaban J connectivity index is 1.52. The number of carbonyl (C=O) groups excluding carboxylic acids is 1. The van der Waals surface area contributed by atoms with Gasteiger partial charge in [-0.2, -0.15) is 4.98 Å². The molecule has 2 N–H and O–H groups in total. The number of fused-ring (bicyclic) bond motifs is 1. The fraction of sp³-hybridized carbons (Fsp3) is 0.400. The van der Waals surface area contributed by atoms with Crippen molar-refractivity contribution in [1.82, 2.24) is 20.4 Å². The molecule has 8 nitrogen and oxygen atoms in total. The monoisotopic (exact) mass is 484 g/mol. The van der Waals surface area contributed by atoms with Crippen molar-refractivity contribution >= 4 is 17.5 Å². The molecule has 0 aliphatic carbocycles. The van der Waals surface area contributed by atoms with Gasteiger partial charge in [0, 0.05) is 30.8 Å². The summed E-state index contributed by atoms with van der Waals surface area (Å²) in [5.74, 6) is 1.55. The minimum absolute atomic E-state index is 0.0147. The van der Waals surface area contributed by atoms with Crippen LogP contribution < -0.4 is 10.1 Å². The summed E-state index contributed by atoms with van der Waals surface area (Å²) < 4.78 is 11.2. The smallest absolute Gasteiger partial charge is 0.258 e. The minimum Gasteiger partial charge on any atom is -0.489 e. The Hall–Kier alpha value is -2.94. The molecule has 1 aliphatic heterocycles. The Labute approximate surface area is 203 Å². The van der Waals surface area contributed by atoms with Crippen molar-refractivity contribution in [3.8, 4) is 28.6 Å². The zero-order valence-corrected chi connectivity index (χ0v) is 20.4. The Bertz CT molecular complexity index is 1180. The molecule has 9 heteroatoms. The summed E-state index contributed by atoms with van der Waals surface area (Å²) in [6.45, 7) is 7.82. The molecule has 1 amide bonds. The fourth-order valence-corrected chi connectivity index (χ4v) is 4.34. The van der Waals surface area contributed by atoms with Crippen molar-refractivity contribution in [3.63, 3.8) is 0 Å². The molecule has 0 fully saturated rings. The summed E-state index contributed by atoms with van der Waals surface area (Å²) in [5, 5.41) is 16.5. The van der Waals surface area contributed by atoms with E-state index in [1.807, 2.05) is 36.9 Å². The van der Waals surface area contributed by atoms with Gasteiger partial charge in [0.05, 0.1) is 24.3 Å². The lowest BCUT2D eigenvalue weighted by Gasteiger charge is -2.30. The van der Waals surface area contributed by atoms with Gasteiger partial charge in [0.2, 0.25) is 11.7 Å². The maximum absolute atomic E-state index is 12.4. The van der Waals surface area contributed by atoms with Crippen molar-refractivity contribution in [2.75, 3.05) is 26.2 Å². The number of carbonyl (C=O) groups is 1. The zero-order chi connectivity index (χ0) is 24.2. The highest BCUT2D eigenvalue weighted by Gasteiger charge is 2.24. The quantitative estimate of drug-likeness (QED) is 0.471. The molecule has 3 aromatic rings. The van der Waals surface area contributed by atoms with Crippen LogP contribution in [0.5, 0.6) is 5.75 Å². The normalized spacial score (nSPS) is 13.3. The number of nitrogens with zero attached hydrogens (tertiary/aromatic N) is 3. The van der Waals surface area contributed by atoms with Crippen molar-refractivity contribution in [3.05, 3.63) is 52.0 Å². The highest BCUT2D eigenvalue weighted by Crippen LogP contribution is 2.33. The number of halogens is 1. The first-order valence-corrected chi connectivity index (χ1v) is 11.8. The molecule has 0 saturated carbocycles. The van der Waals surface area contributed by atoms with Crippen LogP contribution >= 0.6 is 11.6 Å². The van der Waals surface area contributed by atoms with Crippen LogP contribution in [0, 0.1) is 6.92 Å². The molecular weight excluding hydrogens is 456 g/mol. The van der Waals surface area contributed by atoms with E-state index in [2.05, 4.69) is 22.4 Å².